The lowest BCUT2D eigenvalue weighted by atomic mass is 9.43. The highest BCUT2D eigenvalue weighted by Crippen LogP contribution is 2.68. The van der Waals surface area contributed by atoms with Gasteiger partial charge in [-0.25, -0.2) is 0 Å². The monoisotopic (exact) mass is 406 g/mol. The van der Waals surface area contributed by atoms with E-state index in [1.165, 1.54) is 51.4 Å². The maximum absolute atomic E-state index is 11.0. The molecule has 0 amide bonds. The Morgan fingerprint density at radius 2 is 1.72 bits per heavy atom. The molecule has 0 radical (unpaired) electrons. The minimum atomic E-state index is -0.588. The average molecular weight is 407 g/mol. The molecule has 4 saturated carbocycles. The summed E-state index contributed by atoms with van der Waals surface area (Å²) in [5, 5.41) is 20.3. The molecule has 0 aromatic carbocycles. The van der Waals surface area contributed by atoms with Gasteiger partial charge in [0.05, 0.1) is 12.2 Å². The van der Waals surface area contributed by atoms with Gasteiger partial charge in [-0.2, -0.15) is 0 Å². The summed E-state index contributed by atoms with van der Waals surface area (Å²) in [6, 6.07) is 0. The van der Waals surface area contributed by atoms with Crippen molar-refractivity contribution >= 4 is 0 Å². The van der Waals surface area contributed by atoms with Crippen molar-refractivity contribution in [2.24, 2.45) is 46.3 Å². The van der Waals surface area contributed by atoms with Gasteiger partial charge in [0.2, 0.25) is 0 Å². The second-order valence-electron chi connectivity index (χ2n) is 12.1. The highest BCUT2D eigenvalue weighted by atomic mass is 16.5. The van der Waals surface area contributed by atoms with Crippen LogP contribution in [0.3, 0.4) is 0 Å². The molecule has 0 aromatic rings. The molecule has 29 heavy (non-hydrogen) atoms. The minimum Gasteiger partial charge on any atom is -0.396 e. The number of hydrogen-bond donors (Lipinski definition) is 2. The lowest BCUT2D eigenvalue weighted by molar-refractivity contribution is -0.163. The molecule has 0 spiro atoms. The van der Waals surface area contributed by atoms with E-state index in [-0.39, 0.29) is 0 Å². The maximum atomic E-state index is 11.0. The molecule has 0 aromatic heterocycles. The third-order valence-corrected chi connectivity index (χ3v) is 10.8. The summed E-state index contributed by atoms with van der Waals surface area (Å²) in [4.78, 5) is 0. The van der Waals surface area contributed by atoms with Gasteiger partial charge < -0.3 is 14.9 Å². The first-order chi connectivity index (χ1) is 13.8. The van der Waals surface area contributed by atoms with Crippen LogP contribution in [-0.2, 0) is 4.74 Å². The summed E-state index contributed by atoms with van der Waals surface area (Å²) < 4.78 is 5.37. The zero-order valence-corrected chi connectivity index (χ0v) is 19.5. The molecule has 4 aliphatic rings. The van der Waals surface area contributed by atoms with Gasteiger partial charge in [0, 0.05) is 13.7 Å². The molecule has 3 heteroatoms. The Kier molecular flexibility index (Phi) is 6.17. The summed E-state index contributed by atoms with van der Waals surface area (Å²) in [7, 11) is 1.72. The van der Waals surface area contributed by atoms with Gasteiger partial charge in [0.25, 0.3) is 0 Å². The molecule has 3 nitrogen and oxygen atoms in total. The SMILES string of the molecule is COC[C@]1(O)CC[C@@]2(C)[C@@H](CC[C@@H]3[C@@H]2CC[C@]2(C)[C@@H]([C@H](C)CCCO)CC[C@@H]32)C1. The molecular formula is C26H46O3. The topological polar surface area (TPSA) is 49.7 Å². The van der Waals surface area contributed by atoms with Crippen molar-refractivity contribution < 1.29 is 14.9 Å². The Hall–Kier alpha value is -0.120. The molecule has 9 atom stereocenters. The van der Waals surface area contributed by atoms with Crippen molar-refractivity contribution in [3.05, 3.63) is 0 Å². The largest absolute Gasteiger partial charge is 0.396 e. The zero-order valence-electron chi connectivity index (χ0n) is 19.5. The Labute approximate surface area is 179 Å². The molecule has 2 N–H and O–H groups in total. The molecule has 168 valence electrons. The zero-order chi connectivity index (χ0) is 20.9. The third-order valence-electron chi connectivity index (χ3n) is 10.8. The summed E-state index contributed by atoms with van der Waals surface area (Å²) in [6.07, 6.45) is 13.5. The first-order valence-corrected chi connectivity index (χ1v) is 12.6. The summed E-state index contributed by atoms with van der Waals surface area (Å²) in [6.45, 7) is 8.52. The van der Waals surface area contributed by atoms with E-state index in [0.717, 1.165) is 48.9 Å². The predicted octanol–water partition coefficient (Wildman–Crippen LogP) is 5.43. The van der Waals surface area contributed by atoms with Crippen molar-refractivity contribution in [1.82, 2.24) is 0 Å². The van der Waals surface area contributed by atoms with E-state index in [2.05, 4.69) is 20.8 Å². The highest BCUT2D eigenvalue weighted by molar-refractivity contribution is 5.11. The quantitative estimate of drug-likeness (QED) is 0.618. The number of ether oxygens (including phenoxy) is 1. The Bertz CT molecular complexity index is 578. The van der Waals surface area contributed by atoms with Crippen LogP contribution in [0.25, 0.3) is 0 Å². The van der Waals surface area contributed by atoms with Crippen LogP contribution in [0.2, 0.25) is 0 Å². The fourth-order valence-corrected chi connectivity index (χ4v) is 9.31. The normalized spacial score (nSPS) is 50.5. The van der Waals surface area contributed by atoms with E-state index < -0.39 is 5.60 Å². The molecule has 4 aliphatic carbocycles. The first kappa shape index (κ1) is 22.1. The van der Waals surface area contributed by atoms with E-state index in [1.54, 1.807) is 7.11 Å². The van der Waals surface area contributed by atoms with Gasteiger partial charge in [-0.1, -0.05) is 20.8 Å². The molecule has 0 aliphatic heterocycles. The highest BCUT2D eigenvalue weighted by Gasteiger charge is 2.61. The van der Waals surface area contributed by atoms with E-state index in [9.17, 15) is 10.2 Å². The summed E-state index contributed by atoms with van der Waals surface area (Å²) >= 11 is 0. The van der Waals surface area contributed by atoms with Gasteiger partial charge in [0.15, 0.2) is 0 Å². The molecule has 0 heterocycles. The molecule has 4 fully saturated rings. The molecule has 4 rings (SSSR count). The van der Waals surface area contributed by atoms with Crippen molar-refractivity contribution in [2.75, 3.05) is 20.3 Å². The van der Waals surface area contributed by atoms with Crippen LogP contribution < -0.4 is 0 Å². The van der Waals surface area contributed by atoms with E-state index in [1.807, 2.05) is 0 Å². The number of aliphatic hydroxyl groups excluding tert-OH is 1. The summed E-state index contributed by atoms with van der Waals surface area (Å²) in [5.74, 6) is 4.93. The number of rotatable bonds is 6. The van der Waals surface area contributed by atoms with Gasteiger partial charge in [-0.15, -0.1) is 0 Å². The number of hydrogen-bond acceptors (Lipinski definition) is 3. The number of aliphatic hydroxyl groups is 2. The van der Waals surface area contributed by atoms with Crippen LogP contribution in [0.4, 0.5) is 0 Å². The smallest absolute Gasteiger partial charge is 0.0883 e. The van der Waals surface area contributed by atoms with Crippen LogP contribution in [0.5, 0.6) is 0 Å². The molecule has 0 unspecified atom stereocenters. The number of fused-ring (bicyclic) bond motifs is 5. The maximum Gasteiger partial charge on any atom is 0.0883 e. The van der Waals surface area contributed by atoms with Crippen molar-refractivity contribution in [2.45, 2.75) is 97.0 Å². The Morgan fingerprint density at radius 1 is 0.966 bits per heavy atom. The van der Waals surface area contributed by atoms with E-state index in [4.69, 9.17) is 4.74 Å². The first-order valence-electron chi connectivity index (χ1n) is 12.6. The number of methoxy groups -OCH3 is 1. The van der Waals surface area contributed by atoms with Crippen molar-refractivity contribution in [3.8, 4) is 0 Å². The minimum absolute atomic E-state index is 0.344. The van der Waals surface area contributed by atoms with E-state index in [0.29, 0.717) is 30.0 Å². The fourth-order valence-electron chi connectivity index (χ4n) is 9.31. The third kappa shape index (κ3) is 3.61. The standard InChI is InChI=1S/C26H46O3/c1-18(6-5-15-27)21-9-10-22-20-8-7-19-16-26(28,17-29-4)14-13-24(19,2)23(20)11-12-25(21,22)3/h18-23,27-28H,5-17H2,1-4H3/t18-,19+,20+,21-,22+,23+,24+,25-,26+/m1/s1. The van der Waals surface area contributed by atoms with Crippen LogP contribution in [0.1, 0.15) is 91.4 Å². The van der Waals surface area contributed by atoms with Crippen LogP contribution in [0, 0.1) is 46.3 Å². The Morgan fingerprint density at radius 3 is 2.45 bits per heavy atom. The second kappa shape index (κ2) is 8.10. The Balaban J connectivity index is 1.50. The second-order valence-corrected chi connectivity index (χ2v) is 12.1. The lowest BCUT2D eigenvalue weighted by Crippen LogP contribution is -2.56. The van der Waals surface area contributed by atoms with E-state index >= 15 is 0 Å². The molecule has 0 saturated heterocycles. The van der Waals surface area contributed by atoms with Crippen LogP contribution >= 0.6 is 0 Å². The fraction of sp³-hybridized carbons (Fsp3) is 1.00. The van der Waals surface area contributed by atoms with Crippen molar-refractivity contribution in [1.29, 1.82) is 0 Å². The van der Waals surface area contributed by atoms with Crippen LogP contribution in [0.15, 0.2) is 0 Å². The van der Waals surface area contributed by atoms with Gasteiger partial charge in [-0.05, 0) is 117 Å². The predicted molar refractivity (Wildman–Crippen MR) is 118 cm³/mol. The van der Waals surface area contributed by atoms with Gasteiger partial charge in [-0.3, -0.25) is 0 Å². The molecular weight excluding hydrogens is 360 g/mol. The lowest BCUT2D eigenvalue weighted by Gasteiger charge is -2.62. The van der Waals surface area contributed by atoms with Crippen LogP contribution in [-0.4, -0.2) is 36.1 Å². The summed E-state index contributed by atoms with van der Waals surface area (Å²) in [5.41, 5.74) is 0.352. The van der Waals surface area contributed by atoms with Gasteiger partial charge in [0.1, 0.15) is 0 Å². The molecule has 0 bridgehead atoms. The van der Waals surface area contributed by atoms with Crippen molar-refractivity contribution in [3.63, 3.8) is 0 Å². The average Bonchev–Trinajstić information content (AvgIpc) is 3.04. The van der Waals surface area contributed by atoms with Gasteiger partial charge >= 0.3 is 0 Å².